The lowest BCUT2D eigenvalue weighted by molar-refractivity contribution is -0.129. The van der Waals surface area contributed by atoms with Crippen molar-refractivity contribution in [2.75, 3.05) is 19.0 Å². The van der Waals surface area contributed by atoms with Gasteiger partial charge in [-0.1, -0.05) is 51.4 Å². The van der Waals surface area contributed by atoms with Gasteiger partial charge in [0, 0.05) is 28.1 Å². The van der Waals surface area contributed by atoms with Crippen LogP contribution in [0.5, 0.6) is 5.75 Å². The highest BCUT2D eigenvalue weighted by atomic mass is 79.9. The summed E-state index contributed by atoms with van der Waals surface area (Å²) < 4.78 is 6.14. The van der Waals surface area contributed by atoms with Crippen LogP contribution in [-0.4, -0.2) is 40.8 Å². The third-order valence-electron chi connectivity index (χ3n) is 5.38. The minimum Gasteiger partial charge on any atom is -0.497 e. The minimum absolute atomic E-state index is 0.0925. The maximum atomic E-state index is 13.2. The molecule has 6 nitrogen and oxygen atoms in total. The van der Waals surface area contributed by atoms with Gasteiger partial charge in [-0.25, -0.2) is 4.99 Å². The summed E-state index contributed by atoms with van der Waals surface area (Å²) in [7, 11) is 1.60. The Morgan fingerprint density at radius 2 is 1.80 bits per heavy atom. The number of ether oxygens (including phenoxy) is 1. The van der Waals surface area contributed by atoms with E-state index in [1.807, 2.05) is 72.8 Å². The summed E-state index contributed by atoms with van der Waals surface area (Å²) in [5.74, 6) is 0.346. The average Bonchev–Trinajstić information content (AvgIpc) is 2.86. The Bertz CT molecular complexity index is 1220. The first kappa shape index (κ1) is 25.3. The Morgan fingerprint density at radius 3 is 2.46 bits per heavy atom. The van der Waals surface area contributed by atoms with Crippen LogP contribution in [0.3, 0.4) is 0 Å². The predicted octanol–water partition coefficient (Wildman–Crippen LogP) is 6.31. The molecule has 0 radical (unpaired) electrons. The number of nitrogens with zero attached hydrogens (tertiary/aromatic N) is 2. The number of amidine groups is 1. The summed E-state index contributed by atoms with van der Waals surface area (Å²) in [4.78, 5) is 32.6. The van der Waals surface area contributed by atoms with Gasteiger partial charge >= 0.3 is 0 Å². The number of methoxy groups -OCH3 is 1. The number of thioether (sulfide) groups is 1. The second kappa shape index (κ2) is 11.7. The van der Waals surface area contributed by atoms with Crippen LogP contribution in [0.1, 0.15) is 12.0 Å². The highest BCUT2D eigenvalue weighted by molar-refractivity contribution is 9.10. The van der Waals surface area contributed by atoms with Crippen molar-refractivity contribution >= 4 is 67.6 Å². The van der Waals surface area contributed by atoms with E-state index in [0.717, 1.165) is 10.0 Å². The molecule has 4 rings (SSSR count). The van der Waals surface area contributed by atoms with E-state index in [4.69, 9.17) is 21.3 Å². The smallest absolute Gasteiger partial charge is 0.238 e. The molecule has 0 aromatic heterocycles. The van der Waals surface area contributed by atoms with Crippen molar-refractivity contribution < 1.29 is 14.3 Å². The van der Waals surface area contributed by atoms with Crippen LogP contribution < -0.4 is 10.1 Å². The third-order valence-corrected chi connectivity index (χ3v) is 7.35. The average molecular weight is 573 g/mol. The number of amides is 2. The quantitative estimate of drug-likeness (QED) is 0.360. The zero-order valence-corrected chi connectivity index (χ0v) is 22.1. The van der Waals surface area contributed by atoms with Crippen molar-refractivity contribution in [2.24, 2.45) is 4.99 Å². The van der Waals surface area contributed by atoms with Crippen LogP contribution in [0.15, 0.2) is 82.3 Å². The normalized spacial score (nSPS) is 16.9. The first-order valence-corrected chi connectivity index (χ1v) is 13.0. The molecule has 0 bridgehead atoms. The van der Waals surface area contributed by atoms with Gasteiger partial charge in [-0.15, -0.1) is 0 Å². The van der Waals surface area contributed by atoms with Gasteiger partial charge in [0.15, 0.2) is 5.17 Å². The number of hydrogen-bond donors (Lipinski definition) is 1. The van der Waals surface area contributed by atoms with Crippen LogP contribution >= 0.6 is 39.3 Å². The van der Waals surface area contributed by atoms with Crippen LogP contribution in [0.4, 0.5) is 11.4 Å². The summed E-state index contributed by atoms with van der Waals surface area (Å²) in [5, 5.41) is 3.48. The third kappa shape index (κ3) is 6.87. The summed E-state index contributed by atoms with van der Waals surface area (Å²) in [5.41, 5.74) is 2.41. The molecule has 1 saturated heterocycles. The largest absolute Gasteiger partial charge is 0.497 e. The fraction of sp³-hybridized carbons (Fsp3) is 0.192. The summed E-state index contributed by atoms with van der Waals surface area (Å²) in [6.07, 6.45) is 0.732. The van der Waals surface area contributed by atoms with Crippen molar-refractivity contribution in [3.8, 4) is 5.75 Å². The molecule has 1 aliphatic heterocycles. The number of carbonyl (C=O) groups is 2. The van der Waals surface area contributed by atoms with E-state index < -0.39 is 5.25 Å². The topological polar surface area (TPSA) is 71.0 Å². The highest BCUT2D eigenvalue weighted by Crippen LogP contribution is 2.31. The second-order valence-corrected chi connectivity index (χ2v) is 10.3. The van der Waals surface area contributed by atoms with Gasteiger partial charge in [-0.2, -0.15) is 0 Å². The highest BCUT2D eigenvalue weighted by Gasteiger charge is 2.35. The fourth-order valence-electron chi connectivity index (χ4n) is 3.48. The van der Waals surface area contributed by atoms with Crippen LogP contribution in [0.25, 0.3) is 0 Å². The van der Waals surface area contributed by atoms with Gasteiger partial charge in [0.05, 0.1) is 12.8 Å². The van der Waals surface area contributed by atoms with Crippen LogP contribution in [0.2, 0.25) is 5.02 Å². The summed E-state index contributed by atoms with van der Waals surface area (Å²) >= 11 is 10.7. The minimum atomic E-state index is -0.588. The molecular weight excluding hydrogens is 550 g/mol. The van der Waals surface area contributed by atoms with Crippen molar-refractivity contribution in [3.63, 3.8) is 0 Å². The number of nitrogens with one attached hydrogen (secondary N) is 1. The van der Waals surface area contributed by atoms with Crippen molar-refractivity contribution in [2.45, 2.75) is 18.1 Å². The Balaban J connectivity index is 1.54. The number of aliphatic imine (C=N–C) groups is 1. The molecule has 1 heterocycles. The molecule has 9 heteroatoms. The second-order valence-electron chi connectivity index (χ2n) is 7.82. The lowest BCUT2D eigenvalue weighted by atomic mass is 10.1. The zero-order valence-electron chi connectivity index (χ0n) is 18.9. The number of anilines is 1. The lowest BCUT2D eigenvalue weighted by Gasteiger charge is -2.32. The molecule has 1 N–H and O–H groups in total. The van der Waals surface area contributed by atoms with Crippen molar-refractivity contribution in [3.05, 3.63) is 87.9 Å². The Kier molecular flexibility index (Phi) is 8.49. The van der Waals surface area contributed by atoms with Gasteiger partial charge in [-0.3, -0.25) is 14.5 Å². The number of halogens is 2. The van der Waals surface area contributed by atoms with Crippen LogP contribution in [0, 0.1) is 0 Å². The Labute approximate surface area is 221 Å². The number of benzene rings is 3. The number of rotatable bonds is 7. The van der Waals surface area contributed by atoms with Gasteiger partial charge < -0.3 is 10.1 Å². The fourth-order valence-corrected chi connectivity index (χ4v) is 4.99. The van der Waals surface area contributed by atoms with E-state index in [1.54, 1.807) is 12.0 Å². The molecule has 180 valence electrons. The summed E-state index contributed by atoms with van der Waals surface area (Å²) in [6, 6.07) is 22.1. The molecule has 1 aliphatic rings. The van der Waals surface area contributed by atoms with Gasteiger partial charge in [0.1, 0.15) is 11.0 Å². The van der Waals surface area contributed by atoms with E-state index in [1.165, 1.54) is 11.8 Å². The maximum Gasteiger partial charge on any atom is 0.238 e. The molecule has 0 aliphatic carbocycles. The SMILES string of the molecule is COc1ccc(N=C2SC(C(=O)Nc3ccc(Br)cc3)CC(=O)N2CCc2ccc(Cl)cc2)cc1. The molecule has 1 fully saturated rings. The number of hydrogen-bond acceptors (Lipinski definition) is 5. The van der Waals surface area contributed by atoms with E-state index in [9.17, 15) is 9.59 Å². The zero-order chi connectivity index (χ0) is 24.8. The van der Waals surface area contributed by atoms with E-state index in [2.05, 4.69) is 21.2 Å². The molecule has 1 atom stereocenters. The molecule has 35 heavy (non-hydrogen) atoms. The maximum absolute atomic E-state index is 13.2. The van der Waals surface area contributed by atoms with E-state index >= 15 is 0 Å². The molecule has 3 aromatic rings. The van der Waals surface area contributed by atoms with Gasteiger partial charge in [-0.05, 0) is 72.6 Å². The Morgan fingerprint density at radius 1 is 1.11 bits per heavy atom. The monoisotopic (exact) mass is 571 g/mol. The molecule has 2 amide bonds. The van der Waals surface area contributed by atoms with E-state index in [-0.39, 0.29) is 18.2 Å². The first-order chi connectivity index (χ1) is 16.9. The number of carbonyl (C=O) groups excluding carboxylic acids is 2. The van der Waals surface area contributed by atoms with Crippen molar-refractivity contribution in [1.29, 1.82) is 0 Å². The molecule has 3 aromatic carbocycles. The molecule has 0 saturated carbocycles. The standard InChI is InChI=1S/C26H23BrClN3O3S/c1-34-22-12-10-21(11-13-22)30-26-31(15-14-17-2-6-19(28)7-3-17)24(32)16-23(35-26)25(33)29-20-8-4-18(27)5-9-20/h2-13,23H,14-16H2,1H3,(H,29,33). The first-order valence-electron chi connectivity index (χ1n) is 10.9. The lowest BCUT2D eigenvalue weighted by Crippen LogP contribution is -2.46. The molecular formula is C26H23BrClN3O3S. The molecule has 0 spiro atoms. The van der Waals surface area contributed by atoms with Gasteiger partial charge in [0.2, 0.25) is 11.8 Å². The van der Waals surface area contributed by atoms with Crippen molar-refractivity contribution in [1.82, 2.24) is 4.90 Å². The Hall–Kier alpha value is -2.81. The van der Waals surface area contributed by atoms with Crippen LogP contribution in [-0.2, 0) is 16.0 Å². The van der Waals surface area contributed by atoms with Gasteiger partial charge in [0.25, 0.3) is 0 Å². The molecule has 1 unspecified atom stereocenters. The predicted molar refractivity (Wildman–Crippen MR) is 146 cm³/mol. The van der Waals surface area contributed by atoms with E-state index in [0.29, 0.717) is 40.3 Å². The summed E-state index contributed by atoms with van der Waals surface area (Å²) in [6.45, 7) is 0.448.